The molecule has 1 atom stereocenters. The fourth-order valence-corrected chi connectivity index (χ4v) is 1.93. The smallest absolute Gasteiger partial charge is 0.131 e. The molecule has 16 heavy (non-hydrogen) atoms. The van der Waals surface area contributed by atoms with Crippen molar-refractivity contribution in [3.05, 3.63) is 42.5 Å². The standard InChI is InChI=1S/C13H13BrO2/c14-8-11(9-15)16-13-7-3-5-10-4-1-2-6-12(10)13/h1-7,11,15H,8-9H2. The Kier molecular flexibility index (Phi) is 3.80. The minimum absolute atomic E-state index is 0.00840. The monoisotopic (exact) mass is 280 g/mol. The van der Waals surface area contributed by atoms with E-state index in [-0.39, 0.29) is 12.7 Å². The van der Waals surface area contributed by atoms with Gasteiger partial charge in [0.15, 0.2) is 0 Å². The lowest BCUT2D eigenvalue weighted by Crippen LogP contribution is -2.22. The molecule has 2 aromatic rings. The normalized spacial score (nSPS) is 12.6. The average Bonchev–Trinajstić information content (AvgIpc) is 2.36. The van der Waals surface area contributed by atoms with Crippen LogP contribution in [0.3, 0.4) is 0 Å². The van der Waals surface area contributed by atoms with Crippen molar-refractivity contribution in [3.63, 3.8) is 0 Å². The van der Waals surface area contributed by atoms with Crippen molar-refractivity contribution in [1.29, 1.82) is 0 Å². The highest BCUT2D eigenvalue weighted by atomic mass is 79.9. The Labute approximate surface area is 103 Å². The maximum atomic E-state index is 9.10. The lowest BCUT2D eigenvalue weighted by atomic mass is 10.1. The number of aliphatic hydroxyl groups is 1. The van der Waals surface area contributed by atoms with Gasteiger partial charge in [0.1, 0.15) is 11.9 Å². The first-order valence-corrected chi connectivity index (χ1v) is 6.28. The number of rotatable bonds is 4. The van der Waals surface area contributed by atoms with Gasteiger partial charge < -0.3 is 9.84 Å². The number of benzene rings is 2. The van der Waals surface area contributed by atoms with Gasteiger partial charge in [-0.15, -0.1) is 0 Å². The van der Waals surface area contributed by atoms with Crippen LogP contribution in [0, 0.1) is 0 Å². The second-order valence-corrected chi connectivity index (χ2v) is 4.20. The molecular weight excluding hydrogens is 268 g/mol. The number of ether oxygens (including phenoxy) is 1. The van der Waals surface area contributed by atoms with Crippen LogP contribution < -0.4 is 4.74 Å². The Balaban J connectivity index is 2.36. The second-order valence-electron chi connectivity index (χ2n) is 3.55. The van der Waals surface area contributed by atoms with E-state index in [1.165, 1.54) is 0 Å². The van der Waals surface area contributed by atoms with Crippen molar-refractivity contribution in [3.8, 4) is 5.75 Å². The molecule has 1 unspecified atom stereocenters. The molecule has 0 radical (unpaired) electrons. The molecule has 2 rings (SSSR count). The average molecular weight is 281 g/mol. The van der Waals surface area contributed by atoms with Gasteiger partial charge in [-0.05, 0) is 11.5 Å². The van der Waals surface area contributed by atoms with Crippen LogP contribution >= 0.6 is 15.9 Å². The summed E-state index contributed by atoms with van der Waals surface area (Å²) in [4.78, 5) is 0. The van der Waals surface area contributed by atoms with Gasteiger partial charge in [0, 0.05) is 10.7 Å². The van der Waals surface area contributed by atoms with Crippen molar-refractivity contribution >= 4 is 26.7 Å². The Hall–Kier alpha value is -1.06. The van der Waals surface area contributed by atoms with Crippen molar-refractivity contribution < 1.29 is 9.84 Å². The van der Waals surface area contributed by atoms with Crippen molar-refractivity contribution in [1.82, 2.24) is 0 Å². The van der Waals surface area contributed by atoms with Crippen molar-refractivity contribution in [2.75, 3.05) is 11.9 Å². The summed E-state index contributed by atoms with van der Waals surface area (Å²) >= 11 is 3.31. The number of hydrogen-bond acceptors (Lipinski definition) is 2. The molecule has 0 saturated carbocycles. The molecule has 0 spiro atoms. The van der Waals surface area contributed by atoms with Crippen molar-refractivity contribution in [2.24, 2.45) is 0 Å². The van der Waals surface area contributed by atoms with Gasteiger partial charge in [0.2, 0.25) is 0 Å². The van der Waals surface area contributed by atoms with Crippen molar-refractivity contribution in [2.45, 2.75) is 6.10 Å². The largest absolute Gasteiger partial charge is 0.487 e. The van der Waals surface area contributed by atoms with Gasteiger partial charge >= 0.3 is 0 Å². The Morgan fingerprint density at radius 2 is 1.88 bits per heavy atom. The van der Waals surface area contributed by atoms with E-state index in [9.17, 15) is 0 Å². The van der Waals surface area contributed by atoms with Crippen LogP contribution in [-0.4, -0.2) is 23.1 Å². The van der Waals surface area contributed by atoms with Gasteiger partial charge in [-0.1, -0.05) is 52.3 Å². The van der Waals surface area contributed by atoms with E-state index in [1.54, 1.807) is 0 Å². The highest BCUT2D eigenvalue weighted by Gasteiger charge is 2.09. The minimum Gasteiger partial charge on any atom is -0.487 e. The lowest BCUT2D eigenvalue weighted by molar-refractivity contribution is 0.135. The Bertz CT molecular complexity index is 461. The predicted octanol–water partition coefficient (Wildman–Crippen LogP) is 2.97. The molecule has 0 amide bonds. The SMILES string of the molecule is OCC(CBr)Oc1cccc2ccccc12. The third-order valence-electron chi connectivity index (χ3n) is 2.42. The molecule has 0 heterocycles. The molecule has 2 nitrogen and oxygen atoms in total. The predicted molar refractivity (Wildman–Crippen MR) is 69.2 cm³/mol. The van der Waals surface area contributed by atoms with Gasteiger partial charge in [-0.25, -0.2) is 0 Å². The fraction of sp³-hybridized carbons (Fsp3) is 0.231. The van der Waals surface area contributed by atoms with Gasteiger partial charge in [0.25, 0.3) is 0 Å². The van der Waals surface area contributed by atoms with E-state index in [1.807, 2.05) is 42.5 Å². The summed E-state index contributed by atoms with van der Waals surface area (Å²) in [5, 5.41) is 11.9. The van der Waals surface area contributed by atoms with E-state index in [0.29, 0.717) is 5.33 Å². The number of alkyl halides is 1. The molecular formula is C13H13BrO2. The summed E-state index contributed by atoms with van der Waals surface area (Å²) in [5.41, 5.74) is 0. The fourth-order valence-electron chi connectivity index (χ4n) is 1.60. The van der Waals surface area contributed by atoms with Crippen LogP contribution in [-0.2, 0) is 0 Å². The highest BCUT2D eigenvalue weighted by Crippen LogP contribution is 2.26. The highest BCUT2D eigenvalue weighted by molar-refractivity contribution is 9.09. The number of halogens is 1. The summed E-state index contributed by atoms with van der Waals surface area (Å²) in [7, 11) is 0. The third kappa shape index (κ3) is 2.36. The van der Waals surface area contributed by atoms with Crippen LogP contribution in [0.2, 0.25) is 0 Å². The third-order valence-corrected chi connectivity index (χ3v) is 3.14. The zero-order valence-corrected chi connectivity index (χ0v) is 10.4. The van der Waals surface area contributed by atoms with Gasteiger partial charge in [-0.2, -0.15) is 0 Å². The van der Waals surface area contributed by atoms with E-state index in [2.05, 4.69) is 15.9 Å². The molecule has 3 heteroatoms. The molecule has 0 aliphatic rings. The van der Waals surface area contributed by atoms with E-state index >= 15 is 0 Å². The lowest BCUT2D eigenvalue weighted by Gasteiger charge is -2.15. The number of hydrogen-bond donors (Lipinski definition) is 1. The van der Waals surface area contributed by atoms with E-state index in [4.69, 9.17) is 9.84 Å². The van der Waals surface area contributed by atoms with E-state index < -0.39 is 0 Å². The maximum Gasteiger partial charge on any atom is 0.131 e. The molecule has 1 N–H and O–H groups in total. The zero-order valence-electron chi connectivity index (χ0n) is 8.77. The molecule has 0 aliphatic heterocycles. The minimum atomic E-state index is -0.203. The summed E-state index contributed by atoms with van der Waals surface area (Å²) in [6.07, 6.45) is -0.203. The topological polar surface area (TPSA) is 29.5 Å². The molecule has 0 fully saturated rings. The second kappa shape index (κ2) is 5.32. The van der Waals surface area contributed by atoms with Crippen LogP contribution in [0.4, 0.5) is 0 Å². The first-order valence-electron chi connectivity index (χ1n) is 5.16. The summed E-state index contributed by atoms with van der Waals surface area (Å²) < 4.78 is 5.73. The maximum absolute atomic E-state index is 9.10. The molecule has 0 bridgehead atoms. The van der Waals surface area contributed by atoms with Crippen LogP contribution in [0.25, 0.3) is 10.8 Å². The van der Waals surface area contributed by atoms with Crippen LogP contribution in [0.1, 0.15) is 0 Å². The summed E-state index contributed by atoms with van der Waals surface area (Å²) in [6, 6.07) is 14.0. The first kappa shape index (κ1) is 11.4. The zero-order chi connectivity index (χ0) is 11.4. The molecule has 84 valence electrons. The Morgan fingerprint density at radius 1 is 1.12 bits per heavy atom. The summed E-state index contributed by atoms with van der Waals surface area (Å²) in [6.45, 7) is 0.00840. The number of aliphatic hydroxyl groups excluding tert-OH is 1. The molecule has 0 saturated heterocycles. The molecule has 2 aromatic carbocycles. The van der Waals surface area contributed by atoms with E-state index in [0.717, 1.165) is 16.5 Å². The quantitative estimate of drug-likeness (QED) is 0.873. The van der Waals surface area contributed by atoms with Crippen LogP contribution in [0.5, 0.6) is 5.75 Å². The first-order chi connectivity index (χ1) is 7.85. The molecule has 0 aromatic heterocycles. The summed E-state index contributed by atoms with van der Waals surface area (Å²) in [5.74, 6) is 0.816. The Morgan fingerprint density at radius 3 is 2.62 bits per heavy atom. The number of fused-ring (bicyclic) bond motifs is 1. The van der Waals surface area contributed by atoms with Gasteiger partial charge in [-0.3, -0.25) is 0 Å². The van der Waals surface area contributed by atoms with Gasteiger partial charge in [0.05, 0.1) is 6.61 Å². The van der Waals surface area contributed by atoms with Crippen LogP contribution in [0.15, 0.2) is 42.5 Å². The molecule has 0 aliphatic carbocycles.